The molecule has 0 N–H and O–H groups in total. The Hall–Kier alpha value is -0.903. The molecule has 0 aliphatic heterocycles. The van der Waals surface area contributed by atoms with E-state index in [1.807, 2.05) is 37.3 Å². The lowest BCUT2D eigenvalue weighted by Gasteiger charge is -2.13. The second-order valence-corrected chi connectivity index (χ2v) is 3.82. The molecule has 14 heavy (non-hydrogen) atoms. The zero-order valence-electron chi connectivity index (χ0n) is 8.48. The minimum Gasteiger partial charge on any atom is -0.399 e. The number of rotatable bonds is 6. The molecule has 0 amide bonds. The Labute approximate surface area is 87.6 Å². The highest BCUT2D eigenvalue weighted by Gasteiger charge is 2.05. The Morgan fingerprint density at radius 2 is 2.14 bits per heavy atom. The van der Waals surface area contributed by atoms with Crippen LogP contribution in [0.2, 0.25) is 0 Å². The van der Waals surface area contributed by atoms with E-state index in [0.717, 1.165) is 12.2 Å². The molecule has 0 saturated heterocycles. The summed E-state index contributed by atoms with van der Waals surface area (Å²) in [6, 6.07) is 10.1. The van der Waals surface area contributed by atoms with Gasteiger partial charge in [0.05, 0.1) is 6.10 Å². The molecule has 1 unspecified atom stereocenters. The smallest absolute Gasteiger partial charge is 0.305 e. The average molecular weight is 208 g/mol. The third-order valence-electron chi connectivity index (χ3n) is 1.88. The fourth-order valence-corrected chi connectivity index (χ4v) is 1.89. The monoisotopic (exact) mass is 208 g/mol. The van der Waals surface area contributed by atoms with Gasteiger partial charge in [0.15, 0.2) is 0 Å². The highest BCUT2D eigenvalue weighted by atomic mass is 28.3. The van der Waals surface area contributed by atoms with Crippen LogP contribution in [-0.4, -0.2) is 16.6 Å². The van der Waals surface area contributed by atoms with Gasteiger partial charge in [0.25, 0.3) is 0 Å². The summed E-state index contributed by atoms with van der Waals surface area (Å²) >= 11 is 0. The number of hydrogen-bond donors (Lipinski definition) is 0. The summed E-state index contributed by atoms with van der Waals surface area (Å²) in [6.07, 6.45) is 1.79. The van der Waals surface area contributed by atoms with Gasteiger partial charge in [-0.3, -0.25) is 0 Å². The van der Waals surface area contributed by atoms with E-state index in [9.17, 15) is 0 Å². The summed E-state index contributed by atoms with van der Waals surface area (Å²) < 4.78 is 10.9. The van der Waals surface area contributed by atoms with Gasteiger partial charge in [-0.2, -0.15) is 0 Å². The summed E-state index contributed by atoms with van der Waals surface area (Å²) in [7, 11) is -0.862. The molecule has 0 radical (unpaired) electrons. The molecule has 0 spiro atoms. The molecule has 0 saturated carbocycles. The standard InChI is InChI=1S/C11H16O2Si/c1-3-11(13-14-12-4-2)10-8-6-5-7-9-10/h3,5-9,11H,1,4,14H2,2H3. The second-order valence-electron chi connectivity index (χ2n) is 2.84. The molecule has 1 rings (SSSR count). The molecule has 0 aliphatic rings. The largest absolute Gasteiger partial charge is 0.399 e. The molecule has 2 nitrogen and oxygen atoms in total. The van der Waals surface area contributed by atoms with Gasteiger partial charge < -0.3 is 8.85 Å². The first-order chi connectivity index (χ1) is 6.88. The topological polar surface area (TPSA) is 18.5 Å². The highest BCUT2D eigenvalue weighted by molar-refractivity contribution is 6.18. The minimum absolute atomic E-state index is 0.0191. The van der Waals surface area contributed by atoms with Gasteiger partial charge in [0.1, 0.15) is 0 Å². The highest BCUT2D eigenvalue weighted by Crippen LogP contribution is 2.16. The van der Waals surface area contributed by atoms with E-state index in [-0.39, 0.29) is 6.10 Å². The van der Waals surface area contributed by atoms with Crippen LogP contribution in [0.25, 0.3) is 0 Å². The quantitative estimate of drug-likeness (QED) is 0.404. The Morgan fingerprint density at radius 1 is 1.43 bits per heavy atom. The van der Waals surface area contributed by atoms with E-state index < -0.39 is 10.0 Å². The normalized spacial score (nSPS) is 13.2. The van der Waals surface area contributed by atoms with Crippen molar-refractivity contribution in [2.75, 3.05) is 6.61 Å². The van der Waals surface area contributed by atoms with Gasteiger partial charge in [0, 0.05) is 6.61 Å². The maximum Gasteiger partial charge on any atom is 0.305 e. The zero-order valence-corrected chi connectivity index (χ0v) is 9.89. The molecule has 0 aliphatic carbocycles. The van der Waals surface area contributed by atoms with Crippen LogP contribution in [0.5, 0.6) is 0 Å². The lowest BCUT2D eigenvalue weighted by Crippen LogP contribution is -2.08. The third kappa shape index (κ3) is 3.45. The van der Waals surface area contributed by atoms with Crippen LogP contribution in [0, 0.1) is 0 Å². The molecule has 0 heterocycles. The summed E-state index contributed by atoms with van der Waals surface area (Å²) in [5.41, 5.74) is 1.13. The first-order valence-corrected chi connectivity index (χ1v) is 5.90. The third-order valence-corrected chi connectivity index (χ3v) is 2.95. The SMILES string of the molecule is C=CC(O[SiH2]OCC)c1ccccc1. The molecule has 0 fully saturated rings. The van der Waals surface area contributed by atoms with Crippen molar-refractivity contribution in [3.8, 4) is 0 Å². The van der Waals surface area contributed by atoms with Crippen molar-refractivity contribution in [3.63, 3.8) is 0 Å². The van der Waals surface area contributed by atoms with Gasteiger partial charge in [0.2, 0.25) is 0 Å². The summed E-state index contributed by atoms with van der Waals surface area (Å²) in [4.78, 5) is 0. The van der Waals surface area contributed by atoms with E-state index in [1.54, 1.807) is 6.08 Å². The Bertz CT molecular complexity index is 261. The van der Waals surface area contributed by atoms with Crippen LogP contribution < -0.4 is 0 Å². The van der Waals surface area contributed by atoms with Crippen LogP contribution in [0.4, 0.5) is 0 Å². The maximum absolute atomic E-state index is 5.62. The molecular weight excluding hydrogens is 192 g/mol. The van der Waals surface area contributed by atoms with Crippen LogP contribution >= 0.6 is 0 Å². The van der Waals surface area contributed by atoms with Crippen molar-refractivity contribution in [3.05, 3.63) is 48.6 Å². The van der Waals surface area contributed by atoms with E-state index in [0.29, 0.717) is 0 Å². The van der Waals surface area contributed by atoms with Crippen LogP contribution in [0.1, 0.15) is 18.6 Å². The van der Waals surface area contributed by atoms with Gasteiger partial charge in [-0.15, -0.1) is 6.58 Å². The van der Waals surface area contributed by atoms with Gasteiger partial charge in [-0.05, 0) is 12.5 Å². The molecule has 1 aromatic rings. The molecule has 3 heteroatoms. The summed E-state index contributed by atoms with van der Waals surface area (Å²) in [5.74, 6) is 0. The van der Waals surface area contributed by atoms with Crippen molar-refractivity contribution < 1.29 is 8.85 Å². The van der Waals surface area contributed by atoms with E-state index in [2.05, 4.69) is 6.58 Å². The average Bonchev–Trinajstić information content (AvgIpc) is 2.26. The molecule has 1 atom stereocenters. The van der Waals surface area contributed by atoms with Crippen molar-refractivity contribution >= 4 is 10.0 Å². The molecule has 0 aromatic heterocycles. The van der Waals surface area contributed by atoms with E-state index in [4.69, 9.17) is 8.85 Å². The van der Waals surface area contributed by atoms with Crippen molar-refractivity contribution in [2.24, 2.45) is 0 Å². The molecule has 1 aromatic carbocycles. The zero-order chi connectivity index (χ0) is 10.2. The van der Waals surface area contributed by atoms with E-state index in [1.165, 1.54) is 0 Å². The molecule has 0 bridgehead atoms. The predicted octanol–water partition coefficient (Wildman–Crippen LogP) is 1.97. The first kappa shape index (κ1) is 11.2. The maximum atomic E-state index is 5.62. The van der Waals surface area contributed by atoms with Crippen LogP contribution in [0.3, 0.4) is 0 Å². The van der Waals surface area contributed by atoms with Crippen molar-refractivity contribution in [1.82, 2.24) is 0 Å². The number of hydrogen-bond acceptors (Lipinski definition) is 2. The molecule has 76 valence electrons. The second kappa shape index (κ2) is 6.54. The predicted molar refractivity (Wildman–Crippen MR) is 60.6 cm³/mol. The lowest BCUT2D eigenvalue weighted by molar-refractivity contribution is 0.193. The van der Waals surface area contributed by atoms with Crippen molar-refractivity contribution in [2.45, 2.75) is 13.0 Å². The fraction of sp³-hybridized carbons (Fsp3) is 0.273. The van der Waals surface area contributed by atoms with E-state index >= 15 is 0 Å². The van der Waals surface area contributed by atoms with Crippen LogP contribution in [0.15, 0.2) is 43.0 Å². The molecular formula is C11H16O2Si. The van der Waals surface area contributed by atoms with Gasteiger partial charge in [-0.1, -0.05) is 36.4 Å². The summed E-state index contributed by atoms with van der Waals surface area (Å²) in [5, 5.41) is 0. The Kier molecular flexibility index (Phi) is 5.22. The fourth-order valence-electron chi connectivity index (χ4n) is 1.15. The first-order valence-electron chi connectivity index (χ1n) is 4.75. The number of benzene rings is 1. The minimum atomic E-state index is -0.862. The van der Waals surface area contributed by atoms with Crippen molar-refractivity contribution in [1.29, 1.82) is 0 Å². The van der Waals surface area contributed by atoms with Crippen LogP contribution in [-0.2, 0) is 8.85 Å². The Balaban J connectivity index is 2.50. The Morgan fingerprint density at radius 3 is 2.71 bits per heavy atom. The van der Waals surface area contributed by atoms with Gasteiger partial charge >= 0.3 is 10.0 Å². The lowest BCUT2D eigenvalue weighted by atomic mass is 10.1. The van der Waals surface area contributed by atoms with Gasteiger partial charge in [-0.25, -0.2) is 0 Å². The summed E-state index contributed by atoms with van der Waals surface area (Å²) in [6.45, 7) is 6.46.